The predicted octanol–water partition coefficient (Wildman–Crippen LogP) is 2.94. The summed E-state index contributed by atoms with van der Waals surface area (Å²) in [5.74, 6) is 0.310. The third kappa shape index (κ3) is 3.55. The van der Waals surface area contributed by atoms with Crippen molar-refractivity contribution in [1.29, 1.82) is 0 Å². The van der Waals surface area contributed by atoms with Crippen LogP contribution in [-0.4, -0.2) is 29.4 Å². The molecular weight excluding hydrogens is 314 g/mol. The zero-order valence-electron chi connectivity index (χ0n) is 15.2. The highest BCUT2D eigenvalue weighted by Gasteiger charge is 2.23. The topological polar surface area (TPSA) is 74.0 Å². The molecule has 2 atom stereocenters. The molecule has 3 rings (SSSR count). The lowest BCUT2D eigenvalue weighted by atomic mass is 9.87. The molecule has 0 bridgehead atoms. The van der Waals surface area contributed by atoms with Crippen LogP contribution in [0.25, 0.3) is 10.9 Å². The lowest BCUT2D eigenvalue weighted by molar-refractivity contribution is -0.122. The number of fused-ring (bicyclic) bond motifs is 3. The molecule has 1 heterocycles. The van der Waals surface area contributed by atoms with E-state index in [1.165, 1.54) is 17.7 Å². The fourth-order valence-corrected chi connectivity index (χ4v) is 3.55. The van der Waals surface area contributed by atoms with Crippen LogP contribution in [0.3, 0.4) is 0 Å². The van der Waals surface area contributed by atoms with Crippen molar-refractivity contribution in [3.63, 3.8) is 0 Å². The minimum Gasteiger partial charge on any atom is -0.358 e. The van der Waals surface area contributed by atoms with Crippen molar-refractivity contribution in [2.45, 2.75) is 52.5 Å². The summed E-state index contributed by atoms with van der Waals surface area (Å²) < 4.78 is 0. The molecule has 0 spiro atoms. The number of carbonyl (C=O) groups is 2. The Morgan fingerprint density at radius 1 is 1.36 bits per heavy atom. The Labute approximate surface area is 148 Å². The second-order valence-corrected chi connectivity index (χ2v) is 7.14. The first-order valence-corrected chi connectivity index (χ1v) is 9.22. The molecule has 0 saturated heterocycles. The maximum absolute atomic E-state index is 12.7. The van der Waals surface area contributed by atoms with Gasteiger partial charge in [-0.15, -0.1) is 0 Å². The van der Waals surface area contributed by atoms with E-state index in [2.05, 4.69) is 28.6 Å². The van der Waals surface area contributed by atoms with Crippen LogP contribution in [-0.2, 0) is 17.6 Å². The molecule has 1 aromatic heterocycles. The Hall–Kier alpha value is -2.30. The van der Waals surface area contributed by atoms with Crippen LogP contribution >= 0.6 is 0 Å². The van der Waals surface area contributed by atoms with E-state index in [1.54, 1.807) is 6.92 Å². The number of aromatic amines is 1. The van der Waals surface area contributed by atoms with Crippen LogP contribution in [0.5, 0.6) is 0 Å². The summed E-state index contributed by atoms with van der Waals surface area (Å²) in [4.78, 5) is 28.2. The molecule has 0 aliphatic heterocycles. The fourth-order valence-electron chi connectivity index (χ4n) is 3.55. The summed E-state index contributed by atoms with van der Waals surface area (Å²) >= 11 is 0. The molecule has 2 unspecified atom stereocenters. The molecule has 0 fully saturated rings. The minimum atomic E-state index is -0.557. The highest BCUT2D eigenvalue weighted by atomic mass is 16.2. The van der Waals surface area contributed by atoms with Gasteiger partial charge in [0, 0.05) is 17.6 Å². The molecule has 0 saturated carbocycles. The monoisotopic (exact) mass is 341 g/mol. The van der Waals surface area contributed by atoms with Crippen molar-refractivity contribution in [3.8, 4) is 0 Å². The van der Waals surface area contributed by atoms with Gasteiger partial charge in [0.1, 0.15) is 6.04 Å². The van der Waals surface area contributed by atoms with Gasteiger partial charge < -0.3 is 15.6 Å². The summed E-state index contributed by atoms with van der Waals surface area (Å²) in [5.41, 5.74) is 4.09. The average molecular weight is 341 g/mol. The van der Waals surface area contributed by atoms with Crippen LogP contribution in [0, 0.1) is 5.92 Å². The number of rotatable bonds is 5. The van der Waals surface area contributed by atoms with Gasteiger partial charge in [-0.3, -0.25) is 9.59 Å². The van der Waals surface area contributed by atoms with Crippen molar-refractivity contribution in [2.75, 3.05) is 6.54 Å². The SMILES string of the molecule is CCCNC(=O)C(C)NC(=O)c1cccc2c3c([nH]c12)CCC(C)C3. The first kappa shape index (κ1) is 17.5. The Morgan fingerprint density at radius 3 is 2.92 bits per heavy atom. The highest BCUT2D eigenvalue weighted by molar-refractivity contribution is 6.08. The average Bonchev–Trinajstić information content (AvgIpc) is 2.97. The van der Waals surface area contributed by atoms with E-state index in [0.29, 0.717) is 18.0 Å². The van der Waals surface area contributed by atoms with Crippen molar-refractivity contribution >= 4 is 22.7 Å². The first-order chi connectivity index (χ1) is 12.0. The molecule has 1 aromatic carbocycles. The number of para-hydroxylation sites is 1. The molecular formula is C20H27N3O2. The second kappa shape index (κ2) is 7.30. The Bertz CT molecular complexity index is 794. The van der Waals surface area contributed by atoms with Gasteiger partial charge in [-0.2, -0.15) is 0 Å². The number of amides is 2. The summed E-state index contributed by atoms with van der Waals surface area (Å²) in [6, 6.07) is 5.27. The summed E-state index contributed by atoms with van der Waals surface area (Å²) in [7, 11) is 0. The standard InChI is InChI=1S/C20H27N3O2/c1-4-10-21-19(24)13(3)22-20(25)15-7-5-6-14-16-11-12(2)8-9-17(16)23-18(14)15/h5-7,12-13,23H,4,8-11H2,1-3H3,(H,21,24)(H,22,25). The van der Waals surface area contributed by atoms with Crippen molar-refractivity contribution in [1.82, 2.24) is 15.6 Å². The normalized spacial score (nSPS) is 17.8. The van der Waals surface area contributed by atoms with Gasteiger partial charge in [0.25, 0.3) is 5.91 Å². The summed E-state index contributed by atoms with van der Waals surface area (Å²) in [5, 5.41) is 6.76. The van der Waals surface area contributed by atoms with Gasteiger partial charge in [0.05, 0.1) is 11.1 Å². The Balaban J connectivity index is 1.84. The van der Waals surface area contributed by atoms with E-state index < -0.39 is 6.04 Å². The molecule has 1 aliphatic carbocycles. The number of aromatic nitrogens is 1. The van der Waals surface area contributed by atoms with Crippen LogP contribution in [0.15, 0.2) is 18.2 Å². The van der Waals surface area contributed by atoms with Gasteiger partial charge in [0.15, 0.2) is 0 Å². The van der Waals surface area contributed by atoms with Gasteiger partial charge in [-0.1, -0.05) is 26.0 Å². The molecule has 134 valence electrons. The molecule has 3 N–H and O–H groups in total. The van der Waals surface area contributed by atoms with Gasteiger partial charge >= 0.3 is 0 Å². The van der Waals surface area contributed by atoms with Crippen molar-refractivity contribution in [2.24, 2.45) is 5.92 Å². The molecule has 2 amide bonds. The molecule has 0 radical (unpaired) electrons. The lowest BCUT2D eigenvalue weighted by Crippen LogP contribution is -2.45. The van der Waals surface area contributed by atoms with E-state index in [0.717, 1.165) is 30.2 Å². The van der Waals surface area contributed by atoms with E-state index in [4.69, 9.17) is 0 Å². The first-order valence-electron chi connectivity index (χ1n) is 9.22. The van der Waals surface area contributed by atoms with Crippen LogP contribution in [0.1, 0.15) is 55.2 Å². The zero-order valence-corrected chi connectivity index (χ0v) is 15.2. The van der Waals surface area contributed by atoms with Crippen LogP contribution in [0.2, 0.25) is 0 Å². The van der Waals surface area contributed by atoms with E-state index in [1.807, 2.05) is 19.1 Å². The molecule has 5 heteroatoms. The van der Waals surface area contributed by atoms with E-state index in [-0.39, 0.29) is 11.8 Å². The van der Waals surface area contributed by atoms with Gasteiger partial charge in [-0.25, -0.2) is 0 Å². The number of aryl methyl sites for hydroxylation is 1. The largest absolute Gasteiger partial charge is 0.358 e. The number of benzene rings is 1. The zero-order chi connectivity index (χ0) is 18.0. The third-order valence-corrected chi connectivity index (χ3v) is 5.00. The van der Waals surface area contributed by atoms with Crippen molar-refractivity contribution in [3.05, 3.63) is 35.0 Å². The van der Waals surface area contributed by atoms with E-state index >= 15 is 0 Å². The number of H-pyrrole nitrogens is 1. The fraction of sp³-hybridized carbons (Fsp3) is 0.500. The molecule has 1 aliphatic rings. The highest BCUT2D eigenvalue weighted by Crippen LogP contribution is 2.32. The minimum absolute atomic E-state index is 0.151. The Morgan fingerprint density at radius 2 is 2.16 bits per heavy atom. The number of nitrogens with one attached hydrogen (secondary N) is 3. The van der Waals surface area contributed by atoms with Crippen LogP contribution in [0.4, 0.5) is 0 Å². The Kier molecular flexibility index (Phi) is 5.11. The van der Waals surface area contributed by atoms with Crippen molar-refractivity contribution < 1.29 is 9.59 Å². The maximum Gasteiger partial charge on any atom is 0.254 e. The summed E-state index contributed by atoms with van der Waals surface area (Å²) in [6.45, 7) is 6.60. The molecule has 5 nitrogen and oxygen atoms in total. The van der Waals surface area contributed by atoms with Gasteiger partial charge in [-0.05, 0) is 50.2 Å². The summed E-state index contributed by atoms with van der Waals surface area (Å²) in [6.07, 6.45) is 4.13. The van der Waals surface area contributed by atoms with E-state index in [9.17, 15) is 9.59 Å². The quantitative estimate of drug-likeness (QED) is 0.782. The molecule has 25 heavy (non-hydrogen) atoms. The number of hydrogen-bond acceptors (Lipinski definition) is 2. The molecule has 2 aromatic rings. The third-order valence-electron chi connectivity index (χ3n) is 5.00. The number of carbonyl (C=O) groups excluding carboxylic acids is 2. The lowest BCUT2D eigenvalue weighted by Gasteiger charge is -2.18. The second-order valence-electron chi connectivity index (χ2n) is 7.14. The van der Waals surface area contributed by atoms with Gasteiger partial charge in [0.2, 0.25) is 5.91 Å². The van der Waals surface area contributed by atoms with Crippen LogP contribution < -0.4 is 10.6 Å². The number of hydrogen-bond donors (Lipinski definition) is 3. The predicted molar refractivity (Wildman–Crippen MR) is 99.7 cm³/mol. The maximum atomic E-state index is 12.7. The smallest absolute Gasteiger partial charge is 0.254 e.